The molecule has 3 aromatic heterocycles. The van der Waals surface area contributed by atoms with Crippen LogP contribution in [0, 0.1) is 13.8 Å². The largest absolute Gasteiger partial charge is 0.311 e. The van der Waals surface area contributed by atoms with E-state index in [0.717, 1.165) is 28.2 Å². The monoisotopic (exact) mass is 432 g/mol. The Bertz CT molecular complexity index is 1340. The van der Waals surface area contributed by atoms with Crippen LogP contribution < -0.4 is 10.9 Å². The van der Waals surface area contributed by atoms with Gasteiger partial charge in [0.2, 0.25) is 5.91 Å². The van der Waals surface area contributed by atoms with Crippen LogP contribution in [0.25, 0.3) is 5.65 Å². The Morgan fingerprint density at radius 1 is 1.12 bits per heavy atom. The van der Waals surface area contributed by atoms with Crippen molar-refractivity contribution in [3.8, 4) is 0 Å². The van der Waals surface area contributed by atoms with Crippen LogP contribution in [0.5, 0.6) is 0 Å². The van der Waals surface area contributed by atoms with Crippen molar-refractivity contribution < 1.29 is 4.79 Å². The van der Waals surface area contributed by atoms with Gasteiger partial charge in [0.05, 0.1) is 18.7 Å². The van der Waals surface area contributed by atoms with Crippen molar-refractivity contribution in [1.29, 1.82) is 0 Å². The predicted octanol–water partition coefficient (Wildman–Crippen LogP) is 3.36. The molecule has 0 unspecified atom stereocenters. The lowest BCUT2D eigenvalue weighted by molar-refractivity contribution is -0.115. The van der Waals surface area contributed by atoms with Crippen LogP contribution in [-0.4, -0.2) is 30.3 Å². The summed E-state index contributed by atoms with van der Waals surface area (Å²) in [6.07, 6.45) is 0.141. The lowest BCUT2D eigenvalue weighted by Crippen LogP contribution is -2.20. The van der Waals surface area contributed by atoms with Crippen molar-refractivity contribution in [2.45, 2.75) is 53.0 Å². The van der Waals surface area contributed by atoms with Crippen LogP contribution in [0.2, 0.25) is 0 Å². The number of nitrogens with zero attached hydrogens (tertiary/aromatic N) is 4. The smallest absolute Gasteiger partial charge is 0.266 e. The van der Waals surface area contributed by atoms with Crippen LogP contribution in [0.4, 0.5) is 5.82 Å². The summed E-state index contributed by atoms with van der Waals surface area (Å²) >= 11 is 0. The molecule has 3 heterocycles. The van der Waals surface area contributed by atoms with Crippen LogP contribution in [0.3, 0.4) is 0 Å². The third-order valence-corrected chi connectivity index (χ3v) is 5.53. The molecule has 0 spiro atoms. The van der Waals surface area contributed by atoms with Gasteiger partial charge in [0.1, 0.15) is 5.82 Å². The zero-order valence-electron chi connectivity index (χ0n) is 19.1. The van der Waals surface area contributed by atoms with Crippen molar-refractivity contribution in [2.24, 2.45) is 0 Å². The highest BCUT2D eigenvalue weighted by molar-refractivity contribution is 5.92. The van der Waals surface area contributed by atoms with Gasteiger partial charge in [0.15, 0.2) is 5.65 Å². The van der Waals surface area contributed by atoms with Crippen molar-refractivity contribution in [2.75, 3.05) is 5.32 Å². The number of hydrogen-bond donors (Lipinski definition) is 2. The van der Waals surface area contributed by atoms with E-state index < -0.39 is 0 Å². The number of rotatable bonds is 5. The average molecular weight is 433 g/mol. The molecule has 0 aliphatic heterocycles. The Balaban J connectivity index is 1.62. The van der Waals surface area contributed by atoms with E-state index in [9.17, 15) is 9.59 Å². The molecular weight excluding hydrogens is 404 g/mol. The minimum Gasteiger partial charge on any atom is -0.311 e. The molecule has 0 radical (unpaired) electrons. The van der Waals surface area contributed by atoms with E-state index in [2.05, 4.69) is 36.2 Å². The fourth-order valence-corrected chi connectivity index (χ4v) is 3.72. The summed E-state index contributed by atoms with van der Waals surface area (Å²) in [6, 6.07) is 13.4. The number of carbonyl (C=O) groups excluding carboxylic acids is 1. The highest BCUT2D eigenvalue weighted by Gasteiger charge is 2.22. The predicted molar refractivity (Wildman–Crippen MR) is 124 cm³/mol. The van der Waals surface area contributed by atoms with Gasteiger partial charge in [0.25, 0.3) is 5.56 Å². The minimum absolute atomic E-state index is 0.141. The molecule has 0 atom stereocenters. The van der Waals surface area contributed by atoms with E-state index in [1.54, 1.807) is 4.52 Å². The van der Waals surface area contributed by atoms with Gasteiger partial charge < -0.3 is 5.32 Å². The summed E-state index contributed by atoms with van der Waals surface area (Å²) in [5.74, 6) is 0.490. The van der Waals surface area contributed by atoms with Crippen molar-refractivity contribution in [3.63, 3.8) is 0 Å². The number of aromatic nitrogens is 5. The Morgan fingerprint density at radius 3 is 2.53 bits per heavy atom. The Hall–Kier alpha value is -3.68. The first-order chi connectivity index (χ1) is 15.1. The van der Waals surface area contributed by atoms with Gasteiger partial charge in [-0.15, -0.1) is 0 Å². The number of fused-ring (bicyclic) bond motifs is 1. The van der Waals surface area contributed by atoms with Crippen LogP contribution in [-0.2, 0) is 23.2 Å². The molecule has 8 nitrogen and oxygen atoms in total. The van der Waals surface area contributed by atoms with Gasteiger partial charge in [-0.1, -0.05) is 51.1 Å². The molecule has 2 N–H and O–H groups in total. The topological polar surface area (TPSA) is 97.1 Å². The number of H-pyrrole nitrogens is 1. The number of aromatic amines is 1. The van der Waals surface area contributed by atoms with Gasteiger partial charge in [-0.05, 0) is 19.4 Å². The molecule has 1 amide bonds. The molecule has 1 aromatic carbocycles. The molecule has 32 heavy (non-hydrogen) atoms. The standard InChI is InChI=1S/C24H28N6O2/c1-15-18(16(2)30-21(25-15)13-23(32)28-30)11-22(31)26-20-12-19(24(3,4)5)27-29(20)14-17-9-7-6-8-10-17/h6-10,12-13H,11,14H2,1-5H3,(H,26,31)(H,28,32). The van der Waals surface area contributed by atoms with E-state index in [0.29, 0.717) is 18.0 Å². The van der Waals surface area contributed by atoms with Gasteiger partial charge in [-0.2, -0.15) is 5.10 Å². The van der Waals surface area contributed by atoms with Gasteiger partial charge in [-0.3, -0.25) is 14.7 Å². The average Bonchev–Trinajstić information content (AvgIpc) is 3.29. The molecule has 0 bridgehead atoms. The zero-order chi connectivity index (χ0) is 23.0. The molecule has 4 rings (SSSR count). The fourth-order valence-electron chi connectivity index (χ4n) is 3.72. The third kappa shape index (κ3) is 4.34. The fraction of sp³-hybridized carbons (Fsp3) is 0.333. The number of aryl methyl sites for hydroxylation is 2. The second kappa shape index (κ2) is 8.11. The number of benzene rings is 1. The Morgan fingerprint density at radius 2 is 1.84 bits per heavy atom. The number of nitrogens with one attached hydrogen (secondary N) is 2. The minimum atomic E-state index is -0.221. The maximum Gasteiger partial charge on any atom is 0.266 e. The maximum absolute atomic E-state index is 13.0. The third-order valence-electron chi connectivity index (χ3n) is 5.53. The second-order valence-electron chi connectivity index (χ2n) is 9.11. The van der Waals surface area contributed by atoms with E-state index in [1.165, 1.54) is 6.07 Å². The molecule has 0 aliphatic carbocycles. The van der Waals surface area contributed by atoms with E-state index >= 15 is 0 Å². The van der Waals surface area contributed by atoms with Gasteiger partial charge in [0, 0.05) is 34.5 Å². The maximum atomic E-state index is 13.0. The number of hydrogen-bond acceptors (Lipinski definition) is 4. The number of anilines is 1. The lowest BCUT2D eigenvalue weighted by atomic mass is 9.92. The normalized spacial score (nSPS) is 11.8. The van der Waals surface area contributed by atoms with Crippen molar-refractivity contribution in [1.82, 2.24) is 24.4 Å². The molecule has 0 fully saturated rings. The molecule has 4 aromatic rings. The van der Waals surface area contributed by atoms with Crippen LogP contribution in [0.1, 0.15) is 49.0 Å². The molecule has 166 valence electrons. The quantitative estimate of drug-likeness (QED) is 0.505. The first kappa shape index (κ1) is 21.5. The van der Waals surface area contributed by atoms with Crippen molar-refractivity contribution in [3.05, 3.63) is 81.0 Å². The lowest BCUT2D eigenvalue weighted by Gasteiger charge is -2.14. The second-order valence-corrected chi connectivity index (χ2v) is 9.11. The first-order valence-electron chi connectivity index (χ1n) is 10.6. The highest BCUT2D eigenvalue weighted by atomic mass is 16.1. The van der Waals surface area contributed by atoms with Crippen molar-refractivity contribution >= 4 is 17.4 Å². The zero-order valence-corrected chi connectivity index (χ0v) is 19.1. The van der Waals surface area contributed by atoms with E-state index in [4.69, 9.17) is 5.10 Å². The van der Waals surface area contributed by atoms with E-state index in [1.807, 2.05) is 54.9 Å². The van der Waals surface area contributed by atoms with Gasteiger partial charge in [-0.25, -0.2) is 14.2 Å². The highest BCUT2D eigenvalue weighted by Crippen LogP contribution is 2.25. The molecule has 0 aliphatic rings. The van der Waals surface area contributed by atoms with Crippen LogP contribution in [0.15, 0.2) is 47.3 Å². The summed E-state index contributed by atoms with van der Waals surface area (Å²) in [5, 5.41) is 10.5. The number of carbonyl (C=O) groups is 1. The Labute approximate surface area is 186 Å². The first-order valence-corrected chi connectivity index (χ1v) is 10.6. The van der Waals surface area contributed by atoms with E-state index in [-0.39, 0.29) is 23.3 Å². The molecule has 0 saturated heterocycles. The van der Waals surface area contributed by atoms with Crippen LogP contribution >= 0.6 is 0 Å². The summed E-state index contributed by atoms with van der Waals surface area (Å²) < 4.78 is 3.45. The Kier molecular flexibility index (Phi) is 5.46. The summed E-state index contributed by atoms with van der Waals surface area (Å²) in [5.41, 5.74) is 4.48. The molecular formula is C24H28N6O2. The summed E-state index contributed by atoms with van der Waals surface area (Å²) in [4.78, 5) is 29.2. The van der Waals surface area contributed by atoms with Gasteiger partial charge >= 0.3 is 0 Å². The molecule has 8 heteroatoms. The number of amides is 1. The SMILES string of the molecule is Cc1nc2cc(=O)[nH]n2c(C)c1CC(=O)Nc1cc(C(C)(C)C)nn1Cc1ccccc1. The summed E-state index contributed by atoms with van der Waals surface area (Å²) in [6.45, 7) is 10.6. The summed E-state index contributed by atoms with van der Waals surface area (Å²) in [7, 11) is 0. The molecule has 0 saturated carbocycles.